The number of rotatable bonds is 3. The summed E-state index contributed by atoms with van der Waals surface area (Å²) in [7, 11) is 1.97. The molecule has 3 heteroatoms. The molecule has 0 amide bonds. The third kappa shape index (κ3) is 2.01. The molecule has 3 nitrogen and oxygen atoms in total. The average molecular weight is 234 g/mol. The molecule has 17 heavy (non-hydrogen) atoms. The van der Waals surface area contributed by atoms with Gasteiger partial charge >= 0.3 is 0 Å². The van der Waals surface area contributed by atoms with Gasteiger partial charge in [-0.25, -0.2) is 0 Å². The van der Waals surface area contributed by atoms with Crippen LogP contribution in [0.25, 0.3) is 0 Å². The maximum absolute atomic E-state index is 10.4. The van der Waals surface area contributed by atoms with Gasteiger partial charge in [0.1, 0.15) is 0 Å². The molecule has 94 valence electrons. The number of hydrogen-bond donors (Lipinski definition) is 1. The number of fused-ring (bicyclic) bond motifs is 1. The van der Waals surface area contributed by atoms with Gasteiger partial charge in [0, 0.05) is 19.2 Å². The van der Waals surface area contributed by atoms with Crippen LogP contribution in [0.2, 0.25) is 0 Å². The van der Waals surface area contributed by atoms with E-state index in [0.29, 0.717) is 5.92 Å². The van der Waals surface area contributed by atoms with Gasteiger partial charge in [-0.3, -0.25) is 4.68 Å². The fraction of sp³-hybridized carbons (Fsp3) is 0.786. The van der Waals surface area contributed by atoms with Crippen LogP contribution in [-0.2, 0) is 13.5 Å². The van der Waals surface area contributed by atoms with Crippen LogP contribution in [0, 0.1) is 24.7 Å². The predicted molar refractivity (Wildman–Crippen MR) is 66.6 cm³/mol. The second kappa shape index (κ2) is 4.13. The van der Waals surface area contributed by atoms with Gasteiger partial charge < -0.3 is 5.11 Å². The molecule has 0 aliphatic heterocycles. The van der Waals surface area contributed by atoms with Crippen LogP contribution < -0.4 is 0 Å². The summed E-state index contributed by atoms with van der Waals surface area (Å²) in [4.78, 5) is 0. The number of hydrogen-bond acceptors (Lipinski definition) is 2. The second-order valence-electron chi connectivity index (χ2n) is 5.86. The smallest absolute Gasteiger partial charge is 0.0629 e. The Kier molecular flexibility index (Phi) is 2.74. The van der Waals surface area contributed by atoms with Crippen molar-refractivity contribution in [3.8, 4) is 0 Å². The van der Waals surface area contributed by atoms with Crippen LogP contribution in [0.1, 0.15) is 37.1 Å². The summed E-state index contributed by atoms with van der Waals surface area (Å²) in [5.41, 5.74) is 2.21. The molecule has 0 saturated heterocycles. The van der Waals surface area contributed by atoms with Crippen molar-refractivity contribution in [3.63, 3.8) is 0 Å². The monoisotopic (exact) mass is 234 g/mol. The topological polar surface area (TPSA) is 38.0 Å². The largest absolute Gasteiger partial charge is 0.392 e. The van der Waals surface area contributed by atoms with Crippen molar-refractivity contribution in [3.05, 3.63) is 17.5 Å². The molecule has 2 aliphatic carbocycles. The lowest BCUT2D eigenvalue weighted by molar-refractivity contribution is 0.138. The van der Waals surface area contributed by atoms with Crippen LogP contribution >= 0.6 is 0 Å². The maximum Gasteiger partial charge on any atom is 0.0629 e. The van der Waals surface area contributed by atoms with Crippen LogP contribution in [0.3, 0.4) is 0 Å². The average Bonchev–Trinajstić information content (AvgIpc) is 2.93. The van der Waals surface area contributed by atoms with Crippen molar-refractivity contribution < 1.29 is 5.11 Å². The fourth-order valence-electron chi connectivity index (χ4n) is 3.82. The molecule has 0 bridgehead atoms. The molecule has 0 spiro atoms. The summed E-state index contributed by atoms with van der Waals surface area (Å²) < 4.78 is 1.91. The van der Waals surface area contributed by atoms with Gasteiger partial charge in [-0.2, -0.15) is 5.10 Å². The third-order valence-electron chi connectivity index (χ3n) is 4.68. The van der Waals surface area contributed by atoms with E-state index in [1.54, 1.807) is 0 Å². The van der Waals surface area contributed by atoms with Crippen molar-refractivity contribution in [2.75, 3.05) is 0 Å². The first-order valence-corrected chi connectivity index (χ1v) is 6.84. The Bertz CT molecular complexity index is 400. The van der Waals surface area contributed by atoms with Crippen molar-refractivity contribution in [2.24, 2.45) is 24.8 Å². The maximum atomic E-state index is 10.4. The van der Waals surface area contributed by atoms with Crippen molar-refractivity contribution in [2.45, 2.75) is 45.1 Å². The van der Waals surface area contributed by atoms with Crippen LogP contribution in [0.4, 0.5) is 0 Å². The molecule has 1 aromatic rings. The number of aliphatic hydroxyl groups is 1. The summed E-state index contributed by atoms with van der Waals surface area (Å²) in [6, 6.07) is 2.09. The van der Waals surface area contributed by atoms with E-state index in [2.05, 4.69) is 11.2 Å². The minimum atomic E-state index is -0.155. The first kappa shape index (κ1) is 11.3. The molecular formula is C14H22N2O. The van der Waals surface area contributed by atoms with E-state index in [0.717, 1.165) is 24.0 Å². The molecule has 1 heterocycles. The van der Waals surface area contributed by atoms with Gasteiger partial charge in [-0.15, -0.1) is 0 Å². The van der Waals surface area contributed by atoms with Gasteiger partial charge in [0.2, 0.25) is 0 Å². The Balaban J connectivity index is 1.64. The first-order chi connectivity index (χ1) is 8.16. The zero-order chi connectivity index (χ0) is 12.0. The summed E-state index contributed by atoms with van der Waals surface area (Å²) in [6.45, 7) is 2.01. The van der Waals surface area contributed by atoms with Crippen LogP contribution in [-0.4, -0.2) is 21.0 Å². The molecule has 3 unspecified atom stereocenters. The van der Waals surface area contributed by atoms with Crippen LogP contribution in [0.5, 0.6) is 0 Å². The Morgan fingerprint density at radius 2 is 2.06 bits per heavy atom. The minimum absolute atomic E-state index is 0.155. The zero-order valence-electron chi connectivity index (χ0n) is 10.8. The summed E-state index contributed by atoms with van der Waals surface area (Å²) >= 11 is 0. The SMILES string of the molecule is Cc1cc(CC(O)C2C3CCCCC32)n(C)n1. The molecule has 2 fully saturated rings. The summed E-state index contributed by atoms with van der Waals surface area (Å²) in [5, 5.41) is 14.7. The van der Waals surface area contributed by atoms with Gasteiger partial charge in [0.15, 0.2) is 0 Å². The van der Waals surface area contributed by atoms with E-state index < -0.39 is 0 Å². The molecule has 0 aromatic carbocycles. The lowest BCUT2D eigenvalue weighted by atomic mass is 10.0. The normalized spacial score (nSPS) is 33.2. The van der Waals surface area contributed by atoms with E-state index in [4.69, 9.17) is 0 Å². The predicted octanol–water partition coefficient (Wildman–Crippen LogP) is 2.07. The van der Waals surface area contributed by atoms with E-state index >= 15 is 0 Å². The van der Waals surface area contributed by atoms with Crippen molar-refractivity contribution >= 4 is 0 Å². The van der Waals surface area contributed by atoms with E-state index in [-0.39, 0.29) is 6.10 Å². The Labute approximate surface area is 103 Å². The summed E-state index contributed by atoms with van der Waals surface area (Å²) in [5.74, 6) is 2.23. The molecule has 3 rings (SSSR count). The Morgan fingerprint density at radius 3 is 2.59 bits per heavy atom. The highest BCUT2D eigenvalue weighted by molar-refractivity contribution is 5.12. The van der Waals surface area contributed by atoms with Crippen molar-refractivity contribution in [1.82, 2.24) is 9.78 Å². The molecular weight excluding hydrogens is 212 g/mol. The lowest BCUT2D eigenvalue weighted by Gasteiger charge is -2.10. The third-order valence-corrected chi connectivity index (χ3v) is 4.68. The Hall–Kier alpha value is -0.830. The van der Waals surface area contributed by atoms with E-state index in [9.17, 15) is 5.11 Å². The van der Waals surface area contributed by atoms with Crippen LogP contribution in [0.15, 0.2) is 6.07 Å². The van der Waals surface area contributed by atoms with Crippen molar-refractivity contribution in [1.29, 1.82) is 0 Å². The quantitative estimate of drug-likeness (QED) is 0.869. The number of nitrogens with zero attached hydrogens (tertiary/aromatic N) is 2. The Morgan fingerprint density at radius 1 is 1.41 bits per heavy atom. The number of aliphatic hydroxyl groups excluding tert-OH is 1. The molecule has 3 atom stereocenters. The van der Waals surface area contributed by atoms with Gasteiger partial charge in [0.05, 0.1) is 11.8 Å². The number of aromatic nitrogens is 2. The second-order valence-corrected chi connectivity index (χ2v) is 5.86. The lowest BCUT2D eigenvalue weighted by Crippen LogP contribution is -2.17. The molecule has 1 N–H and O–H groups in total. The summed E-state index contributed by atoms with van der Waals surface area (Å²) in [6.07, 6.45) is 6.05. The molecule has 2 saturated carbocycles. The minimum Gasteiger partial charge on any atom is -0.392 e. The zero-order valence-corrected chi connectivity index (χ0v) is 10.8. The van der Waals surface area contributed by atoms with Gasteiger partial charge in [-0.05, 0) is 43.6 Å². The standard InChI is InChI=1S/C14H22N2O/c1-9-7-10(16(2)15-9)8-13(17)14-11-5-3-4-6-12(11)14/h7,11-14,17H,3-6,8H2,1-2H3. The molecule has 2 aliphatic rings. The van der Waals surface area contributed by atoms with Gasteiger partial charge in [0.25, 0.3) is 0 Å². The number of aryl methyl sites for hydroxylation is 2. The molecule has 0 radical (unpaired) electrons. The highest BCUT2D eigenvalue weighted by Gasteiger charge is 2.53. The molecule has 1 aromatic heterocycles. The highest BCUT2D eigenvalue weighted by Crippen LogP contribution is 2.57. The van der Waals surface area contributed by atoms with E-state index in [1.165, 1.54) is 31.4 Å². The van der Waals surface area contributed by atoms with E-state index in [1.807, 2.05) is 18.7 Å². The fourth-order valence-corrected chi connectivity index (χ4v) is 3.82. The first-order valence-electron chi connectivity index (χ1n) is 6.84. The van der Waals surface area contributed by atoms with Gasteiger partial charge in [-0.1, -0.05) is 12.8 Å². The highest BCUT2D eigenvalue weighted by atomic mass is 16.3.